The van der Waals surface area contributed by atoms with Crippen molar-refractivity contribution in [3.8, 4) is 6.07 Å². The zero-order valence-corrected chi connectivity index (χ0v) is 19.2. The highest BCUT2D eigenvalue weighted by atomic mass is 19.4. The molecule has 184 valence electrons. The lowest BCUT2D eigenvalue weighted by Crippen LogP contribution is -2.32. The maximum absolute atomic E-state index is 13.3. The van der Waals surface area contributed by atoms with Crippen LogP contribution in [0.5, 0.6) is 0 Å². The molecular weight excluding hydrogens is 461 g/mol. The number of nitrogens with two attached hydrogens (primary N) is 1. The average Bonchev–Trinajstić information content (AvgIpc) is 2.82. The van der Waals surface area contributed by atoms with Gasteiger partial charge in [-0.15, -0.1) is 0 Å². The molecule has 0 saturated carbocycles. The number of aryl methyl sites for hydroxylation is 1. The number of nitrogens with one attached hydrogen (secondary N) is 2. The Bertz CT molecular complexity index is 1360. The highest BCUT2D eigenvalue weighted by Crippen LogP contribution is 2.34. The van der Waals surface area contributed by atoms with E-state index in [1.807, 2.05) is 0 Å². The van der Waals surface area contributed by atoms with Crippen molar-refractivity contribution in [2.75, 3.05) is 29.6 Å². The molecule has 4 rings (SSSR count). The molecule has 8 nitrogen and oxygen atoms in total. The molecule has 1 aromatic carbocycles. The van der Waals surface area contributed by atoms with E-state index in [0.29, 0.717) is 41.2 Å². The summed E-state index contributed by atoms with van der Waals surface area (Å²) in [5.74, 6) is 0.327. The van der Waals surface area contributed by atoms with Gasteiger partial charge in [-0.2, -0.15) is 18.4 Å². The predicted octanol–water partition coefficient (Wildman–Crippen LogP) is 4.17. The van der Waals surface area contributed by atoms with E-state index in [-0.39, 0.29) is 22.9 Å². The lowest BCUT2D eigenvalue weighted by Gasteiger charge is -2.25. The fourth-order valence-corrected chi connectivity index (χ4v) is 4.24. The van der Waals surface area contributed by atoms with E-state index in [9.17, 15) is 23.2 Å². The molecule has 3 aromatic rings. The van der Waals surface area contributed by atoms with Gasteiger partial charge in [-0.3, -0.25) is 4.79 Å². The predicted molar refractivity (Wildman–Crippen MR) is 127 cm³/mol. The Morgan fingerprint density at radius 2 is 1.97 bits per heavy atom. The third-order valence-corrected chi connectivity index (χ3v) is 6.11. The van der Waals surface area contributed by atoms with Crippen LogP contribution in [-0.2, 0) is 18.0 Å². The molecule has 1 fully saturated rings. The third kappa shape index (κ3) is 5.02. The van der Waals surface area contributed by atoms with Crippen LogP contribution in [0.25, 0.3) is 10.9 Å². The van der Waals surface area contributed by atoms with Crippen molar-refractivity contribution in [1.82, 2.24) is 9.55 Å². The van der Waals surface area contributed by atoms with E-state index in [1.54, 1.807) is 20.0 Å². The van der Waals surface area contributed by atoms with Crippen LogP contribution in [-0.4, -0.2) is 28.8 Å². The highest BCUT2D eigenvalue weighted by molar-refractivity contribution is 5.95. The minimum absolute atomic E-state index is 0.00790. The van der Waals surface area contributed by atoms with Crippen molar-refractivity contribution in [3.05, 3.63) is 57.5 Å². The molecule has 1 aliphatic rings. The van der Waals surface area contributed by atoms with E-state index >= 15 is 0 Å². The maximum atomic E-state index is 13.3. The summed E-state index contributed by atoms with van der Waals surface area (Å²) in [5.41, 5.74) is 5.84. The molecule has 1 atom stereocenters. The number of benzene rings is 1. The standard InChI is InChI=1S/C24H25F3N6O2/c1-13(14-7-16(24(25,26)27)9-17(29)8-14)31-22-19-10-20(32-18-3-5-35-6-4-18)23(34)33(2)21(19)15(11-28)12-30-22/h7-10,12-13,18,32H,3-6,29H2,1-2H3,(H,30,31)/t13-/m1/s1. The van der Waals surface area contributed by atoms with E-state index in [0.717, 1.165) is 25.0 Å². The molecule has 0 radical (unpaired) electrons. The van der Waals surface area contributed by atoms with Crippen LogP contribution < -0.4 is 21.9 Å². The van der Waals surface area contributed by atoms with Crippen molar-refractivity contribution >= 4 is 28.1 Å². The van der Waals surface area contributed by atoms with Crippen LogP contribution in [0.3, 0.4) is 0 Å². The third-order valence-electron chi connectivity index (χ3n) is 6.11. The number of fused-ring (bicyclic) bond motifs is 1. The zero-order chi connectivity index (χ0) is 25.3. The number of anilines is 3. The van der Waals surface area contributed by atoms with E-state index in [4.69, 9.17) is 10.5 Å². The Labute approximate surface area is 199 Å². The van der Waals surface area contributed by atoms with Gasteiger partial charge in [0.25, 0.3) is 5.56 Å². The molecule has 3 heterocycles. The Kier molecular flexibility index (Phi) is 6.58. The molecule has 1 saturated heterocycles. The minimum Gasteiger partial charge on any atom is -0.399 e. The second-order valence-corrected chi connectivity index (χ2v) is 8.60. The van der Waals surface area contributed by atoms with Gasteiger partial charge in [-0.1, -0.05) is 0 Å². The van der Waals surface area contributed by atoms with Gasteiger partial charge >= 0.3 is 6.18 Å². The largest absolute Gasteiger partial charge is 0.416 e. The van der Waals surface area contributed by atoms with Gasteiger partial charge in [0.2, 0.25) is 0 Å². The molecular formula is C24H25F3N6O2. The number of nitrogens with zero attached hydrogens (tertiary/aromatic N) is 3. The van der Waals surface area contributed by atoms with Crippen LogP contribution in [0.1, 0.15) is 42.5 Å². The van der Waals surface area contributed by atoms with Crippen molar-refractivity contribution < 1.29 is 17.9 Å². The number of halogens is 3. The molecule has 0 aliphatic carbocycles. The normalized spacial score (nSPS) is 15.5. The highest BCUT2D eigenvalue weighted by Gasteiger charge is 2.31. The Morgan fingerprint density at radius 1 is 1.26 bits per heavy atom. The van der Waals surface area contributed by atoms with Crippen LogP contribution >= 0.6 is 0 Å². The Morgan fingerprint density at radius 3 is 2.63 bits per heavy atom. The summed E-state index contributed by atoms with van der Waals surface area (Å²) in [6, 6.07) is 6.53. The quantitative estimate of drug-likeness (QED) is 0.463. The summed E-state index contributed by atoms with van der Waals surface area (Å²) in [6.45, 7) is 2.87. The summed E-state index contributed by atoms with van der Waals surface area (Å²) in [6.07, 6.45) is -1.71. The molecule has 0 unspecified atom stereocenters. The second kappa shape index (κ2) is 9.46. The molecule has 4 N–H and O–H groups in total. The number of ether oxygens (including phenoxy) is 1. The molecule has 0 amide bonds. The Balaban J connectivity index is 1.77. The maximum Gasteiger partial charge on any atom is 0.416 e. The Hall–Kier alpha value is -3.78. The number of nitriles is 1. The molecule has 2 aromatic heterocycles. The van der Waals surface area contributed by atoms with E-state index in [1.165, 1.54) is 16.8 Å². The van der Waals surface area contributed by atoms with Gasteiger partial charge in [-0.05, 0) is 49.6 Å². The van der Waals surface area contributed by atoms with Crippen LogP contribution in [0.4, 0.5) is 30.4 Å². The van der Waals surface area contributed by atoms with E-state index in [2.05, 4.69) is 21.7 Å². The first-order chi connectivity index (χ1) is 16.6. The first-order valence-electron chi connectivity index (χ1n) is 11.1. The summed E-state index contributed by atoms with van der Waals surface area (Å²) in [4.78, 5) is 17.4. The fourth-order valence-electron chi connectivity index (χ4n) is 4.24. The number of rotatable bonds is 5. The topological polar surface area (TPSA) is 118 Å². The number of alkyl halides is 3. The van der Waals surface area contributed by atoms with E-state index < -0.39 is 17.8 Å². The van der Waals surface area contributed by atoms with Gasteiger partial charge in [0.05, 0.1) is 22.7 Å². The molecule has 11 heteroatoms. The van der Waals surface area contributed by atoms with Gasteiger partial charge < -0.3 is 25.7 Å². The summed E-state index contributed by atoms with van der Waals surface area (Å²) >= 11 is 0. The monoisotopic (exact) mass is 486 g/mol. The number of hydrogen-bond donors (Lipinski definition) is 3. The molecule has 0 bridgehead atoms. The van der Waals surface area contributed by atoms with Crippen molar-refractivity contribution in [2.45, 2.75) is 38.0 Å². The van der Waals surface area contributed by atoms with Crippen LogP contribution in [0.15, 0.2) is 35.3 Å². The summed E-state index contributed by atoms with van der Waals surface area (Å²) in [7, 11) is 1.57. The van der Waals surface area contributed by atoms with Crippen molar-refractivity contribution in [3.63, 3.8) is 0 Å². The van der Waals surface area contributed by atoms with Crippen LogP contribution in [0.2, 0.25) is 0 Å². The first-order valence-corrected chi connectivity index (χ1v) is 11.1. The molecule has 35 heavy (non-hydrogen) atoms. The van der Waals surface area contributed by atoms with Gasteiger partial charge in [0, 0.05) is 43.6 Å². The number of aromatic nitrogens is 2. The van der Waals surface area contributed by atoms with Gasteiger partial charge in [0.15, 0.2) is 0 Å². The summed E-state index contributed by atoms with van der Waals surface area (Å²) < 4.78 is 46.6. The lowest BCUT2D eigenvalue weighted by molar-refractivity contribution is -0.137. The second-order valence-electron chi connectivity index (χ2n) is 8.60. The smallest absolute Gasteiger partial charge is 0.399 e. The number of hydrogen-bond acceptors (Lipinski definition) is 7. The average molecular weight is 486 g/mol. The van der Waals surface area contributed by atoms with Crippen molar-refractivity contribution in [1.29, 1.82) is 5.26 Å². The minimum atomic E-state index is -4.54. The number of pyridine rings is 2. The molecule has 0 spiro atoms. The lowest BCUT2D eigenvalue weighted by atomic mass is 10.0. The van der Waals surface area contributed by atoms with Crippen molar-refractivity contribution in [2.24, 2.45) is 7.05 Å². The van der Waals surface area contributed by atoms with Crippen LogP contribution in [0, 0.1) is 11.3 Å². The zero-order valence-electron chi connectivity index (χ0n) is 19.2. The SMILES string of the molecule is C[C@@H](Nc1ncc(C#N)c2c1cc(NC1CCOCC1)c(=O)n2C)c1cc(N)cc(C(F)(F)F)c1. The molecule has 1 aliphatic heterocycles. The van der Waals surface area contributed by atoms with Gasteiger partial charge in [-0.25, -0.2) is 4.98 Å². The number of nitrogen functional groups attached to an aromatic ring is 1. The summed E-state index contributed by atoms with van der Waals surface area (Å²) in [5, 5.41) is 16.5. The fraction of sp³-hybridized carbons (Fsp3) is 0.375. The first kappa shape index (κ1) is 24.3. The van der Waals surface area contributed by atoms with Gasteiger partial charge in [0.1, 0.15) is 17.6 Å².